The Morgan fingerprint density at radius 2 is 2.39 bits per heavy atom. The highest BCUT2D eigenvalue weighted by atomic mass is 16.5. The Bertz CT molecular complexity index is 428. The molecule has 1 aromatic carbocycles. The maximum absolute atomic E-state index is 11.1. The highest BCUT2D eigenvalue weighted by Gasteiger charge is 2.17. The van der Waals surface area contributed by atoms with Crippen molar-refractivity contribution in [1.82, 2.24) is 5.32 Å². The summed E-state index contributed by atoms with van der Waals surface area (Å²) in [7, 11) is 0. The molecule has 0 radical (unpaired) electrons. The Kier molecular flexibility index (Phi) is 4.04. The van der Waals surface area contributed by atoms with Crippen LogP contribution in [-0.4, -0.2) is 30.8 Å². The summed E-state index contributed by atoms with van der Waals surface area (Å²) in [6.07, 6.45) is 2.23. The second-order valence-electron chi connectivity index (χ2n) is 4.55. The van der Waals surface area contributed by atoms with Crippen LogP contribution in [0.15, 0.2) is 18.2 Å². The molecule has 1 aromatic rings. The first-order valence-electron chi connectivity index (χ1n) is 6.14. The summed E-state index contributed by atoms with van der Waals surface area (Å²) in [6, 6.07) is 4.78. The Balaban J connectivity index is 2.05. The van der Waals surface area contributed by atoms with Crippen LogP contribution in [0, 0.1) is 5.92 Å². The summed E-state index contributed by atoms with van der Waals surface area (Å²) in [6.45, 7) is 2.46. The molecule has 0 aromatic heterocycles. The largest absolute Gasteiger partial charge is 0.490 e. The molecule has 2 rings (SSSR count). The van der Waals surface area contributed by atoms with Crippen LogP contribution in [-0.2, 0) is 0 Å². The fraction of sp³-hybridized carbons (Fsp3) is 0.462. The molecule has 98 valence electrons. The van der Waals surface area contributed by atoms with Gasteiger partial charge in [0, 0.05) is 12.5 Å². The molecule has 1 aliphatic heterocycles. The molecule has 1 heterocycles. The van der Waals surface area contributed by atoms with Gasteiger partial charge in [0.1, 0.15) is 5.56 Å². The van der Waals surface area contributed by atoms with Crippen molar-refractivity contribution < 1.29 is 14.6 Å². The number of para-hydroxylation sites is 1. The number of carboxylic acids is 1. The zero-order chi connectivity index (χ0) is 13.0. The van der Waals surface area contributed by atoms with Crippen LogP contribution in [0.3, 0.4) is 0 Å². The third-order valence-corrected chi connectivity index (χ3v) is 3.14. The molecule has 1 atom stereocenters. The third kappa shape index (κ3) is 2.92. The number of carboxylic acid groups (broad SMARTS) is 1. The van der Waals surface area contributed by atoms with Gasteiger partial charge in [0.15, 0.2) is 5.75 Å². The van der Waals surface area contributed by atoms with Crippen LogP contribution >= 0.6 is 0 Å². The summed E-state index contributed by atoms with van der Waals surface area (Å²) in [5, 5.41) is 12.4. The SMILES string of the molecule is Nc1cccc(C(=O)O)c1OCC1CCCNC1. The first-order chi connectivity index (χ1) is 8.68. The number of nitrogens with one attached hydrogen (secondary N) is 1. The Morgan fingerprint density at radius 1 is 1.56 bits per heavy atom. The molecule has 1 fully saturated rings. The van der Waals surface area contributed by atoms with E-state index in [0.717, 1.165) is 25.9 Å². The van der Waals surface area contributed by atoms with E-state index in [9.17, 15) is 4.79 Å². The fourth-order valence-corrected chi connectivity index (χ4v) is 2.15. The number of piperidine rings is 1. The third-order valence-electron chi connectivity index (χ3n) is 3.14. The van der Waals surface area contributed by atoms with Crippen LogP contribution in [0.1, 0.15) is 23.2 Å². The van der Waals surface area contributed by atoms with Crippen LogP contribution in [0.25, 0.3) is 0 Å². The molecule has 1 unspecified atom stereocenters. The zero-order valence-electron chi connectivity index (χ0n) is 10.2. The lowest BCUT2D eigenvalue weighted by Gasteiger charge is -2.23. The Labute approximate surface area is 106 Å². The summed E-state index contributed by atoms with van der Waals surface area (Å²) in [5.41, 5.74) is 6.27. The van der Waals surface area contributed by atoms with Gasteiger partial charge in [0.05, 0.1) is 12.3 Å². The van der Waals surface area contributed by atoms with Crippen molar-refractivity contribution in [2.45, 2.75) is 12.8 Å². The number of benzene rings is 1. The summed E-state index contributed by atoms with van der Waals surface area (Å²) < 4.78 is 5.62. The number of nitrogen functional groups attached to an aromatic ring is 1. The molecule has 5 heteroatoms. The van der Waals surface area contributed by atoms with Crippen LogP contribution in [0.4, 0.5) is 5.69 Å². The van der Waals surface area contributed by atoms with Gasteiger partial charge in [-0.2, -0.15) is 0 Å². The fourth-order valence-electron chi connectivity index (χ4n) is 2.15. The lowest BCUT2D eigenvalue weighted by atomic mass is 10.0. The highest BCUT2D eigenvalue weighted by Crippen LogP contribution is 2.27. The number of hydrogen-bond donors (Lipinski definition) is 3. The Morgan fingerprint density at radius 3 is 3.06 bits per heavy atom. The monoisotopic (exact) mass is 250 g/mol. The molecule has 0 aliphatic carbocycles. The minimum absolute atomic E-state index is 0.124. The van der Waals surface area contributed by atoms with Gasteiger partial charge >= 0.3 is 5.97 Å². The van der Waals surface area contributed by atoms with Crippen molar-refractivity contribution in [3.05, 3.63) is 23.8 Å². The van der Waals surface area contributed by atoms with Gasteiger partial charge in [-0.25, -0.2) is 4.79 Å². The smallest absolute Gasteiger partial charge is 0.339 e. The molecular formula is C13H18N2O3. The molecule has 18 heavy (non-hydrogen) atoms. The predicted molar refractivity (Wildman–Crippen MR) is 68.9 cm³/mol. The molecule has 5 nitrogen and oxygen atoms in total. The van der Waals surface area contributed by atoms with E-state index in [1.54, 1.807) is 12.1 Å². The first kappa shape index (κ1) is 12.7. The maximum atomic E-state index is 11.1. The standard InChI is InChI=1S/C13H18N2O3/c14-11-5-1-4-10(13(16)17)12(11)18-8-9-3-2-6-15-7-9/h1,4-5,9,15H,2-3,6-8,14H2,(H,16,17). The van der Waals surface area contributed by atoms with Crippen molar-refractivity contribution in [2.24, 2.45) is 5.92 Å². The molecule has 0 saturated carbocycles. The number of nitrogens with two attached hydrogens (primary N) is 1. The van der Waals surface area contributed by atoms with E-state index in [0.29, 0.717) is 18.2 Å². The topological polar surface area (TPSA) is 84.6 Å². The second-order valence-corrected chi connectivity index (χ2v) is 4.55. The highest BCUT2D eigenvalue weighted by molar-refractivity contribution is 5.93. The molecule has 4 N–H and O–H groups in total. The van der Waals surface area contributed by atoms with E-state index in [1.165, 1.54) is 6.07 Å². The van der Waals surface area contributed by atoms with Crippen molar-refractivity contribution in [3.8, 4) is 5.75 Å². The van der Waals surface area contributed by atoms with Gasteiger partial charge in [-0.15, -0.1) is 0 Å². The molecular weight excluding hydrogens is 232 g/mol. The lowest BCUT2D eigenvalue weighted by molar-refractivity contribution is 0.0691. The minimum Gasteiger partial charge on any atom is -0.490 e. The molecule has 0 bridgehead atoms. The van der Waals surface area contributed by atoms with E-state index in [4.69, 9.17) is 15.6 Å². The number of anilines is 1. The maximum Gasteiger partial charge on any atom is 0.339 e. The number of rotatable bonds is 4. The van der Waals surface area contributed by atoms with E-state index < -0.39 is 5.97 Å². The van der Waals surface area contributed by atoms with Crippen molar-refractivity contribution >= 4 is 11.7 Å². The molecule has 1 aliphatic rings. The molecule has 0 spiro atoms. The van der Waals surface area contributed by atoms with E-state index in [-0.39, 0.29) is 11.3 Å². The lowest BCUT2D eigenvalue weighted by Crippen LogP contribution is -2.33. The predicted octanol–water partition coefficient (Wildman–Crippen LogP) is 1.35. The van der Waals surface area contributed by atoms with Gasteiger partial charge in [-0.3, -0.25) is 0 Å². The van der Waals surface area contributed by atoms with Gasteiger partial charge in [-0.1, -0.05) is 6.07 Å². The number of ether oxygens (including phenoxy) is 1. The summed E-state index contributed by atoms with van der Waals surface area (Å²) >= 11 is 0. The number of aromatic carboxylic acids is 1. The normalized spacial score (nSPS) is 19.4. The summed E-state index contributed by atoms with van der Waals surface area (Å²) in [5.74, 6) is -0.311. The van der Waals surface area contributed by atoms with Crippen LogP contribution < -0.4 is 15.8 Å². The number of carbonyl (C=O) groups is 1. The molecule has 1 saturated heterocycles. The zero-order valence-corrected chi connectivity index (χ0v) is 10.2. The Hall–Kier alpha value is -1.75. The average Bonchev–Trinajstić information content (AvgIpc) is 2.38. The van der Waals surface area contributed by atoms with Gasteiger partial charge < -0.3 is 20.9 Å². The van der Waals surface area contributed by atoms with Crippen molar-refractivity contribution in [3.63, 3.8) is 0 Å². The van der Waals surface area contributed by atoms with Gasteiger partial charge in [0.2, 0.25) is 0 Å². The van der Waals surface area contributed by atoms with Crippen LogP contribution in [0.5, 0.6) is 5.75 Å². The van der Waals surface area contributed by atoms with E-state index >= 15 is 0 Å². The van der Waals surface area contributed by atoms with E-state index in [2.05, 4.69) is 5.32 Å². The second kappa shape index (κ2) is 5.73. The number of hydrogen-bond acceptors (Lipinski definition) is 4. The van der Waals surface area contributed by atoms with Gasteiger partial charge in [-0.05, 0) is 31.5 Å². The first-order valence-corrected chi connectivity index (χ1v) is 6.14. The summed E-state index contributed by atoms with van der Waals surface area (Å²) in [4.78, 5) is 11.1. The quantitative estimate of drug-likeness (QED) is 0.702. The van der Waals surface area contributed by atoms with Crippen molar-refractivity contribution in [2.75, 3.05) is 25.4 Å². The van der Waals surface area contributed by atoms with Crippen molar-refractivity contribution in [1.29, 1.82) is 0 Å². The average molecular weight is 250 g/mol. The van der Waals surface area contributed by atoms with Crippen LogP contribution in [0.2, 0.25) is 0 Å². The molecule has 0 amide bonds. The van der Waals surface area contributed by atoms with Gasteiger partial charge in [0.25, 0.3) is 0 Å². The minimum atomic E-state index is -1.01. The van der Waals surface area contributed by atoms with E-state index in [1.807, 2.05) is 0 Å².